The van der Waals surface area contributed by atoms with E-state index in [1.807, 2.05) is 32.0 Å². The van der Waals surface area contributed by atoms with Crippen molar-refractivity contribution in [3.63, 3.8) is 0 Å². The van der Waals surface area contributed by atoms with Crippen molar-refractivity contribution in [1.82, 2.24) is 0 Å². The average Bonchev–Trinajstić information content (AvgIpc) is 2.43. The van der Waals surface area contributed by atoms with E-state index in [0.29, 0.717) is 12.0 Å². The highest BCUT2D eigenvalue weighted by Crippen LogP contribution is 2.29. The van der Waals surface area contributed by atoms with E-state index in [1.165, 1.54) is 11.6 Å². The SMILES string of the molecule is Cc1ccc(CC(O)c2ccccc2OC(F)F)cc1C. The van der Waals surface area contributed by atoms with Crippen LogP contribution < -0.4 is 4.74 Å². The number of halogens is 2. The minimum absolute atomic E-state index is 0.0174. The molecule has 0 saturated heterocycles. The molecule has 0 spiro atoms. The topological polar surface area (TPSA) is 29.5 Å². The standard InChI is InChI=1S/C17H18F2O2/c1-11-7-8-13(9-12(11)2)10-15(20)14-5-3-4-6-16(14)21-17(18)19/h3-9,15,17,20H,10H2,1-2H3. The summed E-state index contributed by atoms with van der Waals surface area (Å²) in [5.41, 5.74) is 3.64. The van der Waals surface area contributed by atoms with Crippen LogP contribution in [0, 0.1) is 13.8 Å². The first-order valence-corrected chi connectivity index (χ1v) is 6.75. The Kier molecular flexibility index (Phi) is 4.91. The number of hydrogen-bond acceptors (Lipinski definition) is 2. The van der Waals surface area contributed by atoms with Crippen LogP contribution in [0.3, 0.4) is 0 Å². The van der Waals surface area contributed by atoms with Gasteiger partial charge in [0.2, 0.25) is 0 Å². The normalized spacial score (nSPS) is 12.5. The predicted octanol–water partition coefficient (Wildman–Crippen LogP) is 4.18. The van der Waals surface area contributed by atoms with Gasteiger partial charge < -0.3 is 9.84 Å². The molecule has 0 fully saturated rings. The summed E-state index contributed by atoms with van der Waals surface area (Å²) in [6.45, 7) is 1.11. The number of rotatable bonds is 5. The van der Waals surface area contributed by atoms with Crippen molar-refractivity contribution in [2.24, 2.45) is 0 Å². The summed E-state index contributed by atoms with van der Waals surface area (Å²) in [5.74, 6) is 0.0174. The van der Waals surface area contributed by atoms with Gasteiger partial charge in [-0.05, 0) is 36.6 Å². The summed E-state index contributed by atoms with van der Waals surface area (Å²) in [5, 5.41) is 10.3. The lowest BCUT2D eigenvalue weighted by molar-refractivity contribution is -0.0515. The van der Waals surface area contributed by atoms with Gasteiger partial charge in [0, 0.05) is 12.0 Å². The van der Waals surface area contributed by atoms with Gasteiger partial charge >= 0.3 is 6.61 Å². The third kappa shape index (κ3) is 4.02. The van der Waals surface area contributed by atoms with Crippen LogP contribution >= 0.6 is 0 Å². The molecule has 1 N–H and O–H groups in total. The van der Waals surface area contributed by atoms with Gasteiger partial charge in [0.25, 0.3) is 0 Å². The molecular weight excluding hydrogens is 274 g/mol. The number of benzene rings is 2. The first-order chi connectivity index (χ1) is 9.97. The fourth-order valence-corrected chi connectivity index (χ4v) is 2.22. The molecule has 0 aliphatic carbocycles. The number of hydrogen-bond donors (Lipinski definition) is 1. The van der Waals surface area contributed by atoms with Crippen molar-refractivity contribution >= 4 is 0 Å². The minimum atomic E-state index is -2.90. The first kappa shape index (κ1) is 15.4. The van der Waals surface area contributed by atoms with Crippen LogP contribution in [0.15, 0.2) is 42.5 Å². The molecule has 0 radical (unpaired) electrons. The summed E-state index contributed by atoms with van der Waals surface area (Å²) >= 11 is 0. The molecule has 2 aromatic carbocycles. The van der Waals surface area contributed by atoms with Crippen molar-refractivity contribution in [1.29, 1.82) is 0 Å². The molecule has 0 amide bonds. The molecule has 112 valence electrons. The number of para-hydroxylation sites is 1. The molecule has 0 heterocycles. The summed E-state index contributed by atoms with van der Waals surface area (Å²) < 4.78 is 29.2. The van der Waals surface area contributed by atoms with Crippen LogP contribution in [0.4, 0.5) is 8.78 Å². The number of aryl methyl sites for hydroxylation is 2. The van der Waals surface area contributed by atoms with Gasteiger partial charge in [-0.15, -0.1) is 0 Å². The largest absolute Gasteiger partial charge is 0.434 e. The smallest absolute Gasteiger partial charge is 0.387 e. The highest BCUT2D eigenvalue weighted by molar-refractivity contribution is 5.37. The van der Waals surface area contributed by atoms with Crippen LogP contribution in [0.5, 0.6) is 5.75 Å². The number of aliphatic hydroxyl groups is 1. The Morgan fingerprint density at radius 2 is 1.76 bits per heavy atom. The number of alkyl halides is 2. The van der Waals surface area contributed by atoms with Crippen LogP contribution in [-0.4, -0.2) is 11.7 Å². The molecule has 0 aliphatic rings. The van der Waals surface area contributed by atoms with E-state index in [-0.39, 0.29) is 5.75 Å². The van der Waals surface area contributed by atoms with E-state index < -0.39 is 12.7 Å². The second-order valence-corrected chi connectivity index (χ2v) is 5.05. The molecule has 2 aromatic rings. The van der Waals surface area contributed by atoms with Gasteiger partial charge in [0.05, 0.1) is 6.10 Å². The summed E-state index contributed by atoms with van der Waals surface area (Å²) in [7, 11) is 0. The molecule has 2 rings (SSSR count). The van der Waals surface area contributed by atoms with Gasteiger partial charge in [-0.1, -0.05) is 36.4 Å². The highest BCUT2D eigenvalue weighted by atomic mass is 19.3. The first-order valence-electron chi connectivity index (χ1n) is 6.75. The van der Waals surface area contributed by atoms with Crippen molar-refractivity contribution in [3.8, 4) is 5.75 Å². The molecule has 1 unspecified atom stereocenters. The Hall–Kier alpha value is -1.94. The Morgan fingerprint density at radius 3 is 2.43 bits per heavy atom. The Balaban J connectivity index is 2.19. The van der Waals surface area contributed by atoms with Crippen LogP contribution in [0.1, 0.15) is 28.4 Å². The van der Waals surface area contributed by atoms with Gasteiger partial charge in [-0.2, -0.15) is 8.78 Å². The second-order valence-electron chi connectivity index (χ2n) is 5.05. The number of aliphatic hydroxyl groups excluding tert-OH is 1. The number of ether oxygens (including phenoxy) is 1. The van der Waals surface area contributed by atoms with E-state index in [4.69, 9.17) is 0 Å². The van der Waals surface area contributed by atoms with E-state index in [2.05, 4.69) is 4.74 Å². The molecule has 21 heavy (non-hydrogen) atoms. The van der Waals surface area contributed by atoms with E-state index in [1.54, 1.807) is 18.2 Å². The van der Waals surface area contributed by atoms with E-state index in [9.17, 15) is 13.9 Å². The molecule has 0 aliphatic heterocycles. The Labute approximate surface area is 123 Å². The second kappa shape index (κ2) is 6.68. The molecule has 0 bridgehead atoms. The monoisotopic (exact) mass is 292 g/mol. The molecule has 0 aromatic heterocycles. The van der Waals surface area contributed by atoms with Crippen molar-refractivity contribution < 1.29 is 18.6 Å². The van der Waals surface area contributed by atoms with Gasteiger partial charge in [-0.25, -0.2) is 0 Å². The molecule has 4 heteroatoms. The molecule has 0 saturated carbocycles. The highest BCUT2D eigenvalue weighted by Gasteiger charge is 2.16. The van der Waals surface area contributed by atoms with E-state index in [0.717, 1.165) is 11.1 Å². The average molecular weight is 292 g/mol. The predicted molar refractivity (Wildman–Crippen MR) is 77.7 cm³/mol. The van der Waals surface area contributed by atoms with Gasteiger partial charge in [-0.3, -0.25) is 0 Å². The zero-order valence-electron chi connectivity index (χ0n) is 12.0. The summed E-state index contributed by atoms with van der Waals surface area (Å²) in [4.78, 5) is 0. The molecular formula is C17H18F2O2. The lowest BCUT2D eigenvalue weighted by Gasteiger charge is -2.16. The molecule has 2 nitrogen and oxygen atoms in total. The minimum Gasteiger partial charge on any atom is -0.434 e. The zero-order chi connectivity index (χ0) is 15.4. The Bertz CT molecular complexity index is 611. The third-order valence-corrected chi connectivity index (χ3v) is 3.49. The third-order valence-electron chi connectivity index (χ3n) is 3.49. The zero-order valence-corrected chi connectivity index (χ0v) is 12.0. The quantitative estimate of drug-likeness (QED) is 0.895. The maximum atomic E-state index is 12.4. The molecule has 1 atom stereocenters. The van der Waals surface area contributed by atoms with Crippen LogP contribution in [-0.2, 0) is 6.42 Å². The fourth-order valence-electron chi connectivity index (χ4n) is 2.22. The van der Waals surface area contributed by atoms with Crippen molar-refractivity contribution in [2.45, 2.75) is 33.0 Å². The lowest BCUT2D eigenvalue weighted by atomic mass is 9.98. The van der Waals surface area contributed by atoms with E-state index >= 15 is 0 Å². The van der Waals surface area contributed by atoms with Gasteiger partial charge in [0.1, 0.15) is 5.75 Å². The van der Waals surface area contributed by atoms with Crippen molar-refractivity contribution in [2.75, 3.05) is 0 Å². The Morgan fingerprint density at radius 1 is 1.05 bits per heavy atom. The van der Waals surface area contributed by atoms with Crippen LogP contribution in [0.25, 0.3) is 0 Å². The maximum Gasteiger partial charge on any atom is 0.387 e. The maximum absolute atomic E-state index is 12.4. The summed E-state index contributed by atoms with van der Waals surface area (Å²) in [6.07, 6.45) is -0.535. The van der Waals surface area contributed by atoms with Crippen molar-refractivity contribution in [3.05, 3.63) is 64.7 Å². The lowest BCUT2D eigenvalue weighted by Crippen LogP contribution is -2.08. The van der Waals surface area contributed by atoms with Crippen LogP contribution in [0.2, 0.25) is 0 Å². The van der Waals surface area contributed by atoms with Gasteiger partial charge in [0.15, 0.2) is 0 Å². The summed E-state index contributed by atoms with van der Waals surface area (Å²) in [6, 6.07) is 12.2. The fraction of sp³-hybridized carbons (Fsp3) is 0.294.